The topological polar surface area (TPSA) is 28.2 Å². The molecule has 16 heavy (non-hydrogen) atoms. The van der Waals surface area contributed by atoms with Crippen LogP contribution < -0.4 is 10.2 Å². The van der Waals surface area contributed by atoms with E-state index in [2.05, 4.69) is 28.2 Å². The van der Waals surface area contributed by atoms with Gasteiger partial charge in [-0.1, -0.05) is 6.92 Å². The molecule has 0 radical (unpaired) electrons. The molecule has 1 fully saturated rings. The minimum Gasteiger partial charge on any atom is -0.370 e. The number of nitrogens with one attached hydrogen (secondary N) is 1. The lowest BCUT2D eigenvalue weighted by atomic mass is 10.1. The van der Waals surface area contributed by atoms with Crippen molar-refractivity contribution in [1.82, 2.24) is 10.3 Å². The Morgan fingerprint density at radius 3 is 3.25 bits per heavy atom. The van der Waals surface area contributed by atoms with Gasteiger partial charge in [0.05, 0.1) is 11.9 Å². The van der Waals surface area contributed by atoms with Crippen molar-refractivity contribution in [2.24, 2.45) is 5.92 Å². The molecule has 2 heterocycles. The lowest BCUT2D eigenvalue weighted by molar-refractivity contribution is 0.516. The van der Waals surface area contributed by atoms with Gasteiger partial charge < -0.3 is 10.2 Å². The lowest BCUT2D eigenvalue weighted by Crippen LogP contribution is -2.26. The van der Waals surface area contributed by atoms with E-state index in [0.29, 0.717) is 0 Å². The molecule has 0 bridgehead atoms. The number of nitrogens with zero attached hydrogens (tertiary/aromatic N) is 2. The molecule has 0 spiro atoms. The molecule has 0 aromatic carbocycles. The van der Waals surface area contributed by atoms with Crippen molar-refractivity contribution in [2.45, 2.75) is 19.8 Å². The lowest BCUT2D eigenvalue weighted by Gasteiger charge is -2.18. The van der Waals surface area contributed by atoms with Gasteiger partial charge in [-0.3, -0.25) is 4.98 Å². The first kappa shape index (κ1) is 11.4. The van der Waals surface area contributed by atoms with E-state index in [9.17, 15) is 0 Å². The van der Waals surface area contributed by atoms with Gasteiger partial charge in [-0.05, 0) is 44.0 Å². The minimum absolute atomic E-state index is 0.798. The second-order valence-corrected chi connectivity index (χ2v) is 4.52. The SMILES string of the molecule is CCCNCC1CCN(c2cccnc2)C1. The van der Waals surface area contributed by atoms with E-state index < -0.39 is 0 Å². The van der Waals surface area contributed by atoms with Crippen LogP contribution in [0.1, 0.15) is 19.8 Å². The van der Waals surface area contributed by atoms with Crippen LogP contribution in [0.15, 0.2) is 24.5 Å². The van der Waals surface area contributed by atoms with E-state index in [-0.39, 0.29) is 0 Å². The highest BCUT2D eigenvalue weighted by Gasteiger charge is 2.21. The average molecular weight is 219 g/mol. The fourth-order valence-corrected chi connectivity index (χ4v) is 2.26. The van der Waals surface area contributed by atoms with Crippen LogP contribution in [-0.2, 0) is 0 Å². The van der Waals surface area contributed by atoms with Crippen LogP contribution in [0.25, 0.3) is 0 Å². The normalized spacial score (nSPS) is 20.3. The van der Waals surface area contributed by atoms with Gasteiger partial charge in [-0.15, -0.1) is 0 Å². The Labute approximate surface area is 97.9 Å². The molecule has 0 aliphatic carbocycles. The van der Waals surface area contributed by atoms with Gasteiger partial charge in [0.2, 0.25) is 0 Å². The Hall–Kier alpha value is -1.09. The van der Waals surface area contributed by atoms with Crippen LogP contribution in [0, 0.1) is 5.92 Å². The maximum absolute atomic E-state index is 4.17. The fourth-order valence-electron chi connectivity index (χ4n) is 2.26. The van der Waals surface area contributed by atoms with Crippen LogP contribution in [0.2, 0.25) is 0 Å². The zero-order valence-electron chi connectivity index (χ0n) is 10.0. The van der Waals surface area contributed by atoms with Crippen LogP contribution in [0.3, 0.4) is 0 Å². The Bertz CT molecular complexity index is 299. The first-order valence-electron chi connectivity index (χ1n) is 6.26. The molecule has 3 nitrogen and oxygen atoms in total. The fraction of sp³-hybridized carbons (Fsp3) is 0.615. The zero-order chi connectivity index (χ0) is 11.2. The molecule has 1 aliphatic heterocycles. The van der Waals surface area contributed by atoms with E-state index in [1.807, 2.05) is 18.5 Å². The molecule has 0 saturated carbocycles. The van der Waals surface area contributed by atoms with Crippen LogP contribution in [-0.4, -0.2) is 31.2 Å². The summed E-state index contributed by atoms with van der Waals surface area (Å²) in [4.78, 5) is 6.61. The molecule has 2 rings (SSSR count). The second-order valence-electron chi connectivity index (χ2n) is 4.52. The summed E-state index contributed by atoms with van der Waals surface area (Å²) in [5, 5.41) is 3.51. The Kier molecular flexibility index (Phi) is 4.17. The molecule has 1 saturated heterocycles. The summed E-state index contributed by atoms with van der Waals surface area (Å²) in [5.41, 5.74) is 1.26. The summed E-state index contributed by atoms with van der Waals surface area (Å²) in [7, 11) is 0. The first-order valence-corrected chi connectivity index (χ1v) is 6.26. The molecule has 1 unspecified atom stereocenters. The largest absolute Gasteiger partial charge is 0.370 e. The highest BCUT2D eigenvalue weighted by Crippen LogP contribution is 2.22. The van der Waals surface area contributed by atoms with Gasteiger partial charge in [-0.2, -0.15) is 0 Å². The summed E-state index contributed by atoms with van der Waals surface area (Å²) in [6.45, 7) is 6.85. The average Bonchev–Trinajstić information content (AvgIpc) is 2.79. The maximum Gasteiger partial charge on any atom is 0.0552 e. The third-order valence-electron chi connectivity index (χ3n) is 3.16. The van der Waals surface area contributed by atoms with E-state index in [1.165, 1.54) is 31.6 Å². The second kappa shape index (κ2) is 5.85. The van der Waals surface area contributed by atoms with Crippen molar-refractivity contribution < 1.29 is 0 Å². The minimum atomic E-state index is 0.798. The molecule has 88 valence electrons. The zero-order valence-corrected chi connectivity index (χ0v) is 10.0. The van der Waals surface area contributed by atoms with Gasteiger partial charge in [0, 0.05) is 19.3 Å². The first-order chi connectivity index (χ1) is 7.90. The van der Waals surface area contributed by atoms with Crippen molar-refractivity contribution in [3.05, 3.63) is 24.5 Å². The standard InChI is InChI=1S/C13H21N3/c1-2-6-14-9-12-5-8-16(11-12)13-4-3-7-15-10-13/h3-4,7,10,12,14H,2,5-6,8-9,11H2,1H3. The number of hydrogen-bond donors (Lipinski definition) is 1. The molecule has 1 aliphatic rings. The third-order valence-corrected chi connectivity index (χ3v) is 3.16. The predicted octanol–water partition coefficient (Wildman–Crippen LogP) is 1.91. The van der Waals surface area contributed by atoms with Crippen molar-refractivity contribution in [1.29, 1.82) is 0 Å². The molecule has 1 aromatic rings. The summed E-state index contributed by atoms with van der Waals surface area (Å²) >= 11 is 0. The van der Waals surface area contributed by atoms with E-state index in [1.54, 1.807) is 0 Å². The van der Waals surface area contributed by atoms with Crippen LogP contribution >= 0.6 is 0 Å². The van der Waals surface area contributed by atoms with Crippen molar-refractivity contribution in [3.8, 4) is 0 Å². The summed E-state index contributed by atoms with van der Waals surface area (Å²) in [6.07, 6.45) is 6.31. The predicted molar refractivity (Wildman–Crippen MR) is 67.7 cm³/mol. The number of anilines is 1. The Balaban J connectivity index is 1.79. The molecule has 1 aromatic heterocycles. The van der Waals surface area contributed by atoms with Gasteiger partial charge >= 0.3 is 0 Å². The van der Waals surface area contributed by atoms with Crippen molar-refractivity contribution >= 4 is 5.69 Å². The number of pyridine rings is 1. The Morgan fingerprint density at radius 2 is 2.50 bits per heavy atom. The molecule has 1 N–H and O–H groups in total. The summed E-state index contributed by atoms with van der Waals surface area (Å²) in [5.74, 6) is 0.798. The smallest absolute Gasteiger partial charge is 0.0552 e. The third kappa shape index (κ3) is 2.95. The highest BCUT2D eigenvalue weighted by molar-refractivity contribution is 5.44. The quantitative estimate of drug-likeness (QED) is 0.767. The van der Waals surface area contributed by atoms with E-state index in [0.717, 1.165) is 19.0 Å². The Morgan fingerprint density at radius 1 is 1.56 bits per heavy atom. The van der Waals surface area contributed by atoms with Crippen LogP contribution in [0.5, 0.6) is 0 Å². The van der Waals surface area contributed by atoms with Crippen molar-refractivity contribution in [3.63, 3.8) is 0 Å². The molecule has 1 atom stereocenters. The molecule has 0 amide bonds. The van der Waals surface area contributed by atoms with Gasteiger partial charge in [0.15, 0.2) is 0 Å². The number of aromatic nitrogens is 1. The summed E-state index contributed by atoms with van der Waals surface area (Å²) in [6, 6.07) is 4.16. The molecule has 3 heteroatoms. The van der Waals surface area contributed by atoms with Crippen molar-refractivity contribution in [2.75, 3.05) is 31.1 Å². The van der Waals surface area contributed by atoms with E-state index >= 15 is 0 Å². The highest BCUT2D eigenvalue weighted by atomic mass is 15.2. The monoisotopic (exact) mass is 219 g/mol. The van der Waals surface area contributed by atoms with E-state index in [4.69, 9.17) is 0 Å². The van der Waals surface area contributed by atoms with Gasteiger partial charge in [-0.25, -0.2) is 0 Å². The molecular weight excluding hydrogens is 198 g/mol. The number of rotatable bonds is 5. The van der Waals surface area contributed by atoms with Gasteiger partial charge in [0.25, 0.3) is 0 Å². The van der Waals surface area contributed by atoms with Gasteiger partial charge in [0.1, 0.15) is 0 Å². The number of hydrogen-bond acceptors (Lipinski definition) is 3. The maximum atomic E-state index is 4.17. The molecular formula is C13H21N3. The summed E-state index contributed by atoms with van der Waals surface area (Å²) < 4.78 is 0. The van der Waals surface area contributed by atoms with Crippen LogP contribution in [0.4, 0.5) is 5.69 Å².